The molecule has 2 aromatic heterocycles. The molecule has 2 aromatic rings. The van der Waals surface area contributed by atoms with Gasteiger partial charge in [-0.3, -0.25) is 9.58 Å². The van der Waals surface area contributed by atoms with Crippen molar-refractivity contribution in [2.24, 2.45) is 0 Å². The van der Waals surface area contributed by atoms with Crippen molar-refractivity contribution in [2.75, 3.05) is 6.54 Å². The van der Waals surface area contributed by atoms with Crippen molar-refractivity contribution in [3.8, 4) is 0 Å². The lowest BCUT2D eigenvalue weighted by Crippen LogP contribution is -2.35. The van der Waals surface area contributed by atoms with Crippen LogP contribution in [0.4, 0.5) is 0 Å². The summed E-state index contributed by atoms with van der Waals surface area (Å²) >= 11 is 0. The van der Waals surface area contributed by atoms with Crippen molar-refractivity contribution in [1.82, 2.24) is 24.8 Å². The Morgan fingerprint density at radius 1 is 1.36 bits per heavy atom. The molecule has 1 saturated carbocycles. The van der Waals surface area contributed by atoms with Crippen molar-refractivity contribution in [1.29, 1.82) is 0 Å². The van der Waals surface area contributed by atoms with Crippen molar-refractivity contribution in [2.45, 2.75) is 64.1 Å². The van der Waals surface area contributed by atoms with Crippen LogP contribution in [0, 0.1) is 6.92 Å². The smallest absolute Gasteiger partial charge is 0.243 e. The Kier molecular flexibility index (Phi) is 3.48. The summed E-state index contributed by atoms with van der Waals surface area (Å²) in [6, 6.07) is 0.676. The Hall–Kier alpha value is -1.69. The maximum atomic E-state index is 5.52. The van der Waals surface area contributed by atoms with E-state index in [4.69, 9.17) is 4.52 Å². The Morgan fingerprint density at radius 3 is 2.95 bits per heavy atom. The second-order valence-corrected chi connectivity index (χ2v) is 6.71. The van der Waals surface area contributed by atoms with Gasteiger partial charge in [-0.2, -0.15) is 10.1 Å². The molecule has 118 valence electrons. The van der Waals surface area contributed by atoms with Gasteiger partial charge in [-0.05, 0) is 51.6 Å². The van der Waals surface area contributed by atoms with Gasteiger partial charge in [0.05, 0.1) is 18.8 Å². The Balaban J connectivity index is 1.46. The van der Waals surface area contributed by atoms with Gasteiger partial charge in [-0.15, -0.1) is 0 Å². The van der Waals surface area contributed by atoms with Crippen molar-refractivity contribution >= 4 is 0 Å². The highest BCUT2D eigenvalue weighted by Crippen LogP contribution is 2.39. The molecule has 3 heterocycles. The quantitative estimate of drug-likeness (QED) is 0.849. The Labute approximate surface area is 130 Å². The molecule has 2 atom stereocenters. The standard InChI is InChI=1S/C16H23N5O/c1-11-8-17-20(9-11)10-14-4-3-7-21(14)12(2)16-18-15(19-22-16)13-5-6-13/h8-9,12-14H,3-7,10H2,1-2H3/t12-,14+/m0/s1. The second kappa shape index (κ2) is 5.50. The molecule has 0 radical (unpaired) electrons. The van der Waals surface area contributed by atoms with Crippen molar-refractivity contribution < 1.29 is 4.52 Å². The van der Waals surface area contributed by atoms with Crippen LogP contribution in [0.3, 0.4) is 0 Å². The van der Waals surface area contributed by atoms with Crippen LogP contribution in [0.1, 0.15) is 61.8 Å². The molecule has 1 aliphatic carbocycles. The number of aryl methyl sites for hydroxylation is 1. The minimum atomic E-state index is 0.184. The van der Waals surface area contributed by atoms with E-state index in [9.17, 15) is 0 Å². The largest absolute Gasteiger partial charge is 0.338 e. The topological polar surface area (TPSA) is 60.0 Å². The van der Waals surface area contributed by atoms with Crippen molar-refractivity contribution in [3.63, 3.8) is 0 Å². The fourth-order valence-electron chi connectivity index (χ4n) is 3.41. The average molecular weight is 301 g/mol. The molecule has 0 amide bonds. The second-order valence-electron chi connectivity index (χ2n) is 6.71. The van der Waals surface area contributed by atoms with Gasteiger partial charge in [0, 0.05) is 18.2 Å². The molecular weight excluding hydrogens is 278 g/mol. The minimum absolute atomic E-state index is 0.184. The third-order valence-corrected chi connectivity index (χ3v) is 4.84. The van der Waals surface area contributed by atoms with E-state index >= 15 is 0 Å². The first-order valence-electron chi connectivity index (χ1n) is 8.29. The lowest BCUT2D eigenvalue weighted by atomic mass is 10.2. The van der Waals surface area contributed by atoms with Gasteiger partial charge in [-0.1, -0.05) is 5.16 Å². The molecule has 0 unspecified atom stereocenters. The zero-order valence-corrected chi connectivity index (χ0v) is 13.3. The molecule has 22 heavy (non-hydrogen) atoms. The number of aromatic nitrogens is 4. The number of nitrogens with zero attached hydrogens (tertiary/aromatic N) is 5. The highest BCUT2D eigenvalue weighted by atomic mass is 16.5. The first-order chi connectivity index (χ1) is 10.7. The Morgan fingerprint density at radius 2 is 2.23 bits per heavy atom. The molecule has 0 aromatic carbocycles. The molecule has 2 fully saturated rings. The lowest BCUT2D eigenvalue weighted by Gasteiger charge is -2.28. The van der Waals surface area contributed by atoms with Crippen LogP contribution in [0.15, 0.2) is 16.9 Å². The van der Waals surface area contributed by atoms with Crippen LogP contribution >= 0.6 is 0 Å². The van der Waals surface area contributed by atoms with Gasteiger partial charge in [-0.25, -0.2) is 0 Å². The molecular formula is C16H23N5O. The number of hydrogen-bond acceptors (Lipinski definition) is 5. The predicted octanol–water partition coefficient (Wildman–Crippen LogP) is 2.68. The fraction of sp³-hybridized carbons (Fsp3) is 0.688. The van der Waals surface area contributed by atoms with Crippen LogP contribution in [0.5, 0.6) is 0 Å². The average Bonchev–Trinajstić information content (AvgIpc) is 2.92. The normalized spacial score (nSPS) is 24.0. The van der Waals surface area contributed by atoms with Crippen LogP contribution in [-0.2, 0) is 6.54 Å². The summed E-state index contributed by atoms with van der Waals surface area (Å²) in [5.74, 6) is 2.22. The number of likely N-dealkylation sites (tertiary alicyclic amines) is 1. The van der Waals surface area contributed by atoms with E-state index in [0.717, 1.165) is 24.8 Å². The zero-order chi connectivity index (χ0) is 15.1. The van der Waals surface area contributed by atoms with Crippen LogP contribution in [-0.4, -0.2) is 37.4 Å². The van der Waals surface area contributed by atoms with Crippen LogP contribution in [0.25, 0.3) is 0 Å². The third kappa shape index (κ3) is 2.67. The summed E-state index contributed by atoms with van der Waals surface area (Å²) in [4.78, 5) is 7.11. The van der Waals surface area contributed by atoms with Gasteiger partial charge < -0.3 is 4.52 Å². The molecule has 1 saturated heterocycles. The molecule has 1 aliphatic heterocycles. The number of hydrogen-bond donors (Lipinski definition) is 0. The summed E-state index contributed by atoms with van der Waals surface area (Å²) in [7, 11) is 0. The molecule has 6 heteroatoms. The molecule has 2 aliphatic rings. The summed E-state index contributed by atoms with van der Waals surface area (Å²) in [6.45, 7) is 6.28. The third-order valence-electron chi connectivity index (χ3n) is 4.84. The monoisotopic (exact) mass is 301 g/mol. The molecule has 0 spiro atoms. The molecule has 0 bridgehead atoms. The molecule has 0 N–H and O–H groups in total. The highest BCUT2D eigenvalue weighted by molar-refractivity contribution is 5.05. The zero-order valence-electron chi connectivity index (χ0n) is 13.3. The van der Waals surface area contributed by atoms with E-state index in [1.165, 1.54) is 31.2 Å². The van der Waals surface area contributed by atoms with Crippen LogP contribution < -0.4 is 0 Å². The van der Waals surface area contributed by atoms with E-state index < -0.39 is 0 Å². The van der Waals surface area contributed by atoms with Crippen LogP contribution in [0.2, 0.25) is 0 Å². The Bertz CT molecular complexity index is 645. The minimum Gasteiger partial charge on any atom is -0.338 e. The first kappa shape index (κ1) is 13.9. The SMILES string of the molecule is Cc1cnn(C[C@H]2CCCN2[C@@H](C)c2nc(C3CC3)no2)c1. The van der Waals surface area contributed by atoms with Gasteiger partial charge in [0.2, 0.25) is 5.89 Å². The van der Waals surface area contributed by atoms with E-state index in [1.54, 1.807) is 0 Å². The highest BCUT2D eigenvalue weighted by Gasteiger charge is 2.34. The fourth-order valence-corrected chi connectivity index (χ4v) is 3.41. The van der Waals surface area contributed by atoms with E-state index in [2.05, 4.69) is 44.9 Å². The van der Waals surface area contributed by atoms with E-state index in [0.29, 0.717) is 12.0 Å². The lowest BCUT2D eigenvalue weighted by molar-refractivity contribution is 0.144. The predicted molar refractivity (Wildman–Crippen MR) is 81.4 cm³/mol. The van der Waals surface area contributed by atoms with Crippen molar-refractivity contribution in [3.05, 3.63) is 29.7 Å². The van der Waals surface area contributed by atoms with E-state index in [1.807, 2.05) is 6.20 Å². The summed E-state index contributed by atoms with van der Waals surface area (Å²) < 4.78 is 7.57. The maximum Gasteiger partial charge on any atom is 0.243 e. The van der Waals surface area contributed by atoms with Gasteiger partial charge in [0.25, 0.3) is 0 Å². The van der Waals surface area contributed by atoms with Gasteiger partial charge in [0.15, 0.2) is 5.82 Å². The molecule has 4 rings (SSSR count). The van der Waals surface area contributed by atoms with Gasteiger partial charge in [0.1, 0.15) is 0 Å². The first-order valence-corrected chi connectivity index (χ1v) is 8.29. The van der Waals surface area contributed by atoms with Gasteiger partial charge >= 0.3 is 0 Å². The number of rotatable bonds is 5. The summed E-state index contributed by atoms with van der Waals surface area (Å²) in [5, 5.41) is 8.57. The molecule has 6 nitrogen and oxygen atoms in total. The van der Waals surface area contributed by atoms with E-state index in [-0.39, 0.29) is 6.04 Å². The summed E-state index contributed by atoms with van der Waals surface area (Å²) in [6.07, 6.45) is 8.87. The summed E-state index contributed by atoms with van der Waals surface area (Å²) in [5.41, 5.74) is 1.21. The maximum absolute atomic E-state index is 5.52.